The topological polar surface area (TPSA) is 37.3 Å². The summed E-state index contributed by atoms with van der Waals surface area (Å²) in [7, 11) is 0. The minimum Gasteiger partial charge on any atom is -0.481 e. The second-order valence-corrected chi connectivity index (χ2v) is 3.02. The van der Waals surface area contributed by atoms with Crippen molar-refractivity contribution >= 4 is 5.97 Å². The standard InChI is InChI=1S/C7H12O2/c1-4-3-6(5(4)2)7(8)9/h4-6H,3H2,1-2H3,(H,8,9)/t4-,5+,6-/m0/s1. The summed E-state index contributed by atoms with van der Waals surface area (Å²) in [4.78, 5) is 10.3. The van der Waals surface area contributed by atoms with Crippen LogP contribution in [0, 0.1) is 17.8 Å². The Balaban J connectivity index is 2.42. The van der Waals surface area contributed by atoms with Crippen LogP contribution in [0.3, 0.4) is 0 Å². The third-order valence-electron chi connectivity index (χ3n) is 2.48. The molecule has 1 aliphatic carbocycles. The van der Waals surface area contributed by atoms with Gasteiger partial charge in [-0.2, -0.15) is 0 Å². The molecule has 0 aromatic carbocycles. The van der Waals surface area contributed by atoms with Crippen LogP contribution in [0.5, 0.6) is 0 Å². The molecule has 0 spiro atoms. The molecule has 0 aliphatic heterocycles. The molecule has 1 fully saturated rings. The van der Waals surface area contributed by atoms with Crippen LogP contribution >= 0.6 is 0 Å². The van der Waals surface area contributed by atoms with Gasteiger partial charge in [0.15, 0.2) is 0 Å². The van der Waals surface area contributed by atoms with Crippen LogP contribution in [0.15, 0.2) is 0 Å². The molecule has 1 aliphatic rings. The number of carboxylic acids is 1. The summed E-state index contributed by atoms with van der Waals surface area (Å²) in [6, 6.07) is 0. The molecule has 2 heteroatoms. The van der Waals surface area contributed by atoms with Gasteiger partial charge in [0.2, 0.25) is 0 Å². The first kappa shape index (κ1) is 6.59. The van der Waals surface area contributed by atoms with E-state index in [-0.39, 0.29) is 5.92 Å². The van der Waals surface area contributed by atoms with Crippen molar-refractivity contribution in [3.8, 4) is 0 Å². The molecule has 0 aromatic heterocycles. The van der Waals surface area contributed by atoms with Gasteiger partial charge in [-0.05, 0) is 18.3 Å². The van der Waals surface area contributed by atoms with Gasteiger partial charge in [-0.1, -0.05) is 13.8 Å². The molecule has 0 bridgehead atoms. The number of carboxylic acid groups (broad SMARTS) is 1. The highest BCUT2D eigenvalue weighted by Gasteiger charge is 2.39. The summed E-state index contributed by atoms with van der Waals surface area (Å²) >= 11 is 0. The van der Waals surface area contributed by atoms with Crippen LogP contribution in [-0.2, 0) is 4.79 Å². The van der Waals surface area contributed by atoms with E-state index in [1.807, 2.05) is 6.92 Å². The fourth-order valence-electron chi connectivity index (χ4n) is 1.36. The SMILES string of the molecule is C[C@H]1[C@@H](C(=O)O)C[C@@H]1C. The van der Waals surface area contributed by atoms with Crippen molar-refractivity contribution in [2.45, 2.75) is 20.3 Å². The normalized spacial score (nSPS) is 41.8. The lowest BCUT2D eigenvalue weighted by molar-refractivity contribution is -0.149. The van der Waals surface area contributed by atoms with Gasteiger partial charge in [0.05, 0.1) is 5.92 Å². The van der Waals surface area contributed by atoms with Crippen molar-refractivity contribution in [1.82, 2.24) is 0 Å². The lowest BCUT2D eigenvalue weighted by Crippen LogP contribution is -2.37. The van der Waals surface area contributed by atoms with E-state index >= 15 is 0 Å². The fourth-order valence-corrected chi connectivity index (χ4v) is 1.36. The summed E-state index contributed by atoms with van der Waals surface area (Å²) in [5, 5.41) is 8.52. The molecule has 0 heterocycles. The predicted octanol–water partition coefficient (Wildman–Crippen LogP) is 1.36. The molecule has 1 saturated carbocycles. The first-order chi connectivity index (χ1) is 4.13. The molecule has 2 nitrogen and oxygen atoms in total. The van der Waals surface area contributed by atoms with Gasteiger partial charge >= 0.3 is 5.97 Å². The number of aliphatic carboxylic acids is 1. The van der Waals surface area contributed by atoms with E-state index in [0.29, 0.717) is 11.8 Å². The Kier molecular flexibility index (Phi) is 1.47. The predicted molar refractivity (Wildman–Crippen MR) is 34.1 cm³/mol. The zero-order valence-electron chi connectivity index (χ0n) is 5.79. The third-order valence-corrected chi connectivity index (χ3v) is 2.48. The molecule has 0 unspecified atom stereocenters. The highest BCUT2D eigenvalue weighted by Crippen LogP contribution is 2.39. The van der Waals surface area contributed by atoms with Crippen LogP contribution in [0.4, 0.5) is 0 Å². The van der Waals surface area contributed by atoms with E-state index in [0.717, 1.165) is 6.42 Å². The molecular weight excluding hydrogens is 116 g/mol. The van der Waals surface area contributed by atoms with Crippen LogP contribution in [-0.4, -0.2) is 11.1 Å². The van der Waals surface area contributed by atoms with E-state index in [1.54, 1.807) is 0 Å². The maximum absolute atomic E-state index is 10.3. The van der Waals surface area contributed by atoms with E-state index < -0.39 is 5.97 Å². The van der Waals surface area contributed by atoms with Gasteiger partial charge in [-0.3, -0.25) is 4.79 Å². The highest BCUT2D eigenvalue weighted by atomic mass is 16.4. The van der Waals surface area contributed by atoms with E-state index in [1.165, 1.54) is 0 Å². The number of hydrogen-bond donors (Lipinski definition) is 1. The highest BCUT2D eigenvalue weighted by molar-refractivity contribution is 5.71. The molecule has 52 valence electrons. The van der Waals surface area contributed by atoms with E-state index in [9.17, 15) is 4.79 Å². The van der Waals surface area contributed by atoms with E-state index in [2.05, 4.69) is 6.92 Å². The zero-order chi connectivity index (χ0) is 7.02. The van der Waals surface area contributed by atoms with Gasteiger partial charge in [0.25, 0.3) is 0 Å². The Morgan fingerprint density at radius 3 is 2.22 bits per heavy atom. The average Bonchev–Trinajstić information content (AvgIpc) is 1.81. The second-order valence-electron chi connectivity index (χ2n) is 3.02. The molecule has 1 N–H and O–H groups in total. The van der Waals surface area contributed by atoms with Crippen molar-refractivity contribution < 1.29 is 9.90 Å². The average molecular weight is 128 g/mol. The Morgan fingerprint density at radius 2 is 2.11 bits per heavy atom. The molecule has 9 heavy (non-hydrogen) atoms. The molecule has 0 radical (unpaired) electrons. The first-order valence-corrected chi connectivity index (χ1v) is 3.35. The van der Waals surface area contributed by atoms with Crippen LogP contribution in [0.2, 0.25) is 0 Å². The van der Waals surface area contributed by atoms with Crippen molar-refractivity contribution in [3.63, 3.8) is 0 Å². The summed E-state index contributed by atoms with van der Waals surface area (Å²) < 4.78 is 0. The van der Waals surface area contributed by atoms with Gasteiger partial charge in [0.1, 0.15) is 0 Å². The third kappa shape index (κ3) is 0.934. The fraction of sp³-hybridized carbons (Fsp3) is 0.857. The van der Waals surface area contributed by atoms with Crippen molar-refractivity contribution in [1.29, 1.82) is 0 Å². The monoisotopic (exact) mass is 128 g/mol. The summed E-state index contributed by atoms with van der Waals surface area (Å²) in [6.07, 6.45) is 0.872. The number of carbonyl (C=O) groups is 1. The smallest absolute Gasteiger partial charge is 0.306 e. The largest absolute Gasteiger partial charge is 0.481 e. The Bertz CT molecular complexity index is 131. The van der Waals surface area contributed by atoms with Crippen LogP contribution in [0.1, 0.15) is 20.3 Å². The number of rotatable bonds is 1. The summed E-state index contributed by atoms with van der Waals surface area (Å²) in [5.74, 6) is 0.328. The second kappa shape index (κ2) is 2.01. The maximum Gasteiger partial charge on any atom is 0.306 e. The van der Waals surface area contributed by atoms with Crippen molar-refractivity contribution in [3.05, 3.63) is 0 Å². The van der Waals surface area contributed by atoms with Gasteiger partial charge in [-0.15, -0.1) is 0 Å². The van der Waals surface area contributed by atoms with Crippen LogP contribution in [0.25, 0.3) is 0 Å². The lowest BCUT2D eigenvalue weighted by Gasteiger charge is -2.37. The number of hydrogen-bond acceptors (Lipinski definition) is 1. The lowest BCUT2D eigenvalue weighted by atomic mass is 9.67. The van der Waals surface area contributed by atoms with Crippen molar-refractivity contribution in [2.24, 2.45) is 17.8 Å². The van der Waals surface area contributed by atoms with Gasteiger partial charge in [0, 0.05) is 0 Å². The first-order valence-electron chi connectivity index (χ1n) is 3.35. The Morgan fingerprint density at radius 1 is 1.56 bits per heavy atom. The summed E-state index contributed by atoms with van der Waals surface area (Å²) in [5.41, 5.74) is 0. The van der Waals surface area contributed by atoms with Crippen molar-refractivity contribution in [2.75, 3.05) is 0 Å². The molecule has 3 atom stereocenters. The van der Waals surface area contributed by atoms with Crippen LogP contribution < -0.4 is 0 Å². The van der Waals surface area contributed by atoms with E-state index in [4.69, 9.17) is 5.11 Å². The Hall–Kier alpha value is -0.530. The quantitative estimate of drug-likeness (QED) is 0.579. The molecule has 0 aromatic rings. The zero-order valence-corrected chi connectivity index (χ0v) is 5.79. The molecule has 0 amide bonds. The summed E-state index contributed by atoms with van der Waals surface area (Å²) in [6.45, 7) is 4.11. The molecule has 1 rings (SSSR count). The Labute approximate surface area is 54.9 Å². The van der Waals surface area contributed by atoms with Gasteiger partial charge < -0.3 is 5.11 Å². The molecule has 0 saturated heterocycles. The minimum absolute atomic E-state index is 0.0556. The molecular formula is C7H12O2. The maximum atomic E-state index is 10.3. The van der Waals surface area contributed by atoms with Gasteiger partial charge in [-0.25, -0.2) is 0 Å². The minimum atomic E-state index is -0.624.